The first-order valence-electron chi connectivity index (χ1n) is 4.65. The van der Waals surface area contributed by atoms with Crippen LogP contribution >= 0.6 is 0 Å². The number of pyridine rings is 1. The Balaban J connectivity index is 2.91. The van der Waals surface area contributed by atoms with E-state index in [0.29, 0.717) is 36.2 Å². The molecule has 0 aliphatic carbocycles. The fraction of sp³-hybridized carbons (Fsp3) is 0.400. The Morgan fingerprint density at radius 1 is 1.60 bits per heavy atom. The number of aryl methyl sites for hydroxylation is 1. The van der Waals surface area contributed by atoms with Crippen molar-refractivity contribution in [3.63, 3.8) is 0 Å². The molecule has 15 heavy (non-hydrogen) atoms. The molecule has 0 saturated carbocycles. The van der Waals surface area contributed by atoms with E-state index >= 15 is 0 Å². The van der Waals surface area contributed by atoms with Gasteiger partial charge in [0.25, 0.3) is 0 Å². The van der Waals surface area contributed by atoms with Crippen LogP contribution in [0.1, 0.15) is 21.6 Å². The van der Waals surface area contributed by atoms with Crippen molar-refractivity contribution in [1.29, 1.82) is 0 Å². The quantitative estimate of drug-likeness (QED) is 0.470. The van der Waals surface area contributed by atoms with Gasteiger partial charge in [-0.2, -0.15) is 0 Å². The van der Waals surface area contributed by atoms with Crippen LogP contribution in [0, 0.1) is 6.92 Å². The molecular weight excluding hydrogens is 196 g/mol. The number of carbonyl (C=O) groups is 1. The molecule has 0 amide bonds. The molecule has 1 aromatic heterocycles. The lowest BCUT2D eigenvalue weighted by atomic mass is 10.1. The number of nitrogens with one attached hydrogen (secondary N) is 1. The van der Waals surface area contributed by atoms with E-state index in [4.69, 9.17) is 5.11 Å². The van der Waals surface area contributed by atoms with E-state index < -0.39 is 0 Å². The lowest BCUT2D eigenvalue weighted by molar-refractivity contribution is 0.112. The summed E-state index contributed by atoms with van der Waals surface area (Å²) in [4.78, 5) is 14.6. The smallest absolute Gasteiger partial charge is 0.152 e. The third kappa shape index (κ3) is 2.74. The van der Waals surface area contributed by atoms with Gasteiger partial charge >= 0.3 is 0 Å². The minimum absolute atomic E-state index is 0.0151. The molecule has 0 fully saturated rings. The Kier molecular flexibility index (Phi) is 4.20. The van der Waals surface area contributed by atoms with Gasteiger partial charge in [0, 0.05) is 30.4 Å². The average Bonchev–Trinajstić information content (AvgIpc) is 2.25. The summed E-state index contributed by atoms with van der Waals surface area (Å²) in [5.41, 5.74) is 1.37. The lowest BCUT2D eigenvalue weighted by Crippen LogP contribution is -2.18. The van der Waals surface area contributed by atoms with Crippen LogP contribution in [0.2, 0.25) is 0 Å². The number of rotatable bonds is 5. The van der Waals surface area contributed by atoms with Gasteiger partial charge < -0.3 is 15.5 Å². The highest BCUT2D eigenvalue weighted by molar-refractivity contribution is 5.78. The van der Waals surface area contributed by atoms with Crippen molar-refractivity contribution in [2.24, 2.45) is 0 Å². The third-order valence-electron chi connectivity index (χ3n) is 2.09. The van der Waals surface area contributed by atoms with Gasteiger partial charge in [0.2, 0.25) is 0 Å². The number of aldehydes is 1. The summed E-state index contributed by atoms with van der Waals surface area (Å²) in [6.07, 6.45) is 2.08. The van der Waals surface area contributed by atoms with Crippen LogP contribution in [0.5, 0.6) is 5.75 Å². The van der Waals surface area contributed by atoms with Gasteiger partial charge in [-0.3, -0.25) is 9.78 Å². The van der Waals surface area contributed by atoms with Crippen LogP contribution in [-0.2, 0) is 6.54 Å². The Morgan fingerprint density at radius 3 is 2.93 bits per heavy atom. The van der Waals surface area contributed by atoms with Crippen LogP contribution in [-0.4, -0.2) is 34.6 Å². The van der Waals surface area contributed by atoms with Crippen molar-refractivity contribution in [3.8, 4) is 5.75 Å². The second kappa shape index (κ2) is 5.43. The molecule has 82 valence electrons. The Morgan fingerprint density at radius 2 is 2.33 bits per heavy atom. The van der Waals surface area contributed by atoms with Gasteiger partial charge in [-0.25, -0.2) is 0 Å². The van der Waals surface area contributed by atoms with Gasteiger partial charge in [0.1, 0.15) is 5.75 Å². The Hall–Kier alpha value is -1.46. The van der Waals surface area contributed by atoms with Gasteiger partial charge in [-0.05, 0) is 6.92 Å². The lowest BCUT2D eigenvalue weighted by Gasteiger charge is -2.09. The molecule has 3 N–H and O–H groups in total. The van der Waals surface area contributed by atoms with Crippen LogP contribution in [0.25, 0.3) is 0 Å². The molecule has 0 spiro atoms. The average molecular weight is 210 g/mol. The molecule has 1 aromatic rings. The second-order valence-corrected chi connectivity index (χ2v) is 3.14. The minimum Gasteiger partial charge on any atom is -0.506 e. The molecule has 0 bridgehead atoms. The van der Waals surface area contributed by atoms with Crippen molar-refractivity contribution in [1.82, 2.24) is 10.3 Å². The molecule has 0 unspecified atom stereocenters. The molecule has 5 heteroatoms. The first kappa shape index (κ1) is 11.6. The summed E-state index contributed by atoms with van der Waals surface area (Å²) in [6.45, 7) is 2.43. The molecule has 0 atom stereocenters. The summed E-state index contributed by atoms with van der Waals surface area (Å²) < 4.78 is 0. The largest absolute Gasteiger partial charge is 0.506 e. The number of aliphatic hydroxyl groups is 1. The molecule has 5 nitrogen and oxygen atoms in total. The maximum Gasteiger partial charge on any atom is 0.152 e. The van der Waals surface area contributed by atoms with Crippen LogP contribution in [0.4, 0.5) is 0 Å². The zero-order valence-electron chi connectivity index (χ0n) is 8.53. The van der Waals surface area contributed by atoms with Crippen LogP contribution in [0.3, 0.4) is 0 Å². The van der Waals surface area contributed by atoms with Crippen LogP contribution in [0.15, 0.2) is 6.20 Å². The Labute approximate surface area is 87.8 Å². The van der Waals surface area contributed by atoms with E-state index in [-0.39, 0.29) is 12.4 Å². The van der Waals surface area contributed by atoms with Gasteiger partial charge in [0.05, 0.1) is 12.3 Å². The number of hydrogen-bond acceptors (Lipinski definition) is 5. The van der Waals surface area contributed by atoms with Gasteiger partial charge in [-0.15, -0.1) is 0 Å². The predicted octanol–water partition coefficient (Wildman–Crippen LogP) is -0.00998. The van der Waals surface area contributed by atoms with E-state index in [0.717, 1.165) is 0 Å². The van der Waals surface area contributed by atoms with E-state index in [1.54, 1.807) is 6.92 Å². The Bertz CT molecular complexity index is 353. The van der Waals surface area contributed by atoms with Gasteiger partial charge in [-0.1, -0.05) is 0 Å². The van der Waals surface area contributed by atoms with E-state index in [9.17, 15) is 9.90 Å². The molecule has 0 radical (unpaired) electrons. The number of aliphatic hydroxyl groups excluding tert-OH is 1. The summed E-state index contributed by atoms with van der Waals surface area (Å²) in [7, 11) is 0. The van der Waals surface area contributed by atoms with Crippen molar-refractivity contribution in [2.45, 2.75) is 13.5 Å². The molecule has 0 aliphatic heterocycles. The normalized spacial score (nSPS) is 10.3. The standard InChI is InChI=1S/C10H14N2O3/c1-7-10(15)9(5-11-2-3-13)8(6-14)4-12-7/h4,6,11,13,15H,2-3,5H2,1H3. The predicted molar refractivity (Wildman–Crippen MR) is 54.8 cm³/mol. The first-order valence-corrected chi connectivity index (χ1v) is 4.65. The summed E-state index contributed by atoms with van der Waals surface area (Å²) >= 11 is 0. The van der Waals surface area contributed by atoms with Crippen molar-refractivity contribution < 1.29 is 15.0 Å². The highest BCUT2D eigenvalue weighted by Crippen LogP contribution is 2.22. The molecule has 0 aliphatic rings. The molecular formula is C10H14N2O3. The van der Waals surface area contributed by atoms with Crippen molar-refractivity contribution >= 4 is 6.29 Å². The second-order valence-electron chi connectivity index (χ2n) is 3.14. The van der Waals surface area contributed by atoms with Gasteiger partial charge in [0.15, 0.2) is 6.29 Å². The summed E-state index contributed by atoms with van der Waals surface area (Å²) in [5.74, 6) is 0.0324. The number of carbonyl (C=O) groups excluding carboxylic acids is 1. The molecule has 1 heterocycles. The fourth-order valence-corrected chi connectivity index (χ4v) is 1.24. The molecule has 1 rings (SSSR count). The zero-order valence-corrected chi connectivity index (χ0v) is 8.53. The minimum atomic E-state index is 0.0151. The number of aromatic nitrogens is 1. The van der Waals surface area contributed by atoms with Crippen molar-refractivity contribution in [2.75, 3.05) is 13.2 Å². The topological polar surface area (TPSA) is 82.5 Å². The molecule has 0 aromatic carbocycles. The highest BCUT2D eigenvalue weighted by atomic mass is 16.3. The molecule has 0 saturated heterocycles. The highest BCUT2D eigenvalue weighted by Gasteiger charge is 2.10. The third-order valence-corrected chi connectivity index (χ3v) is 2.09. The number of nitrogens with zero attached hydrogens (tertiary/aromatic N) is 1. The SMILES string of the molecule is Cc1ncc(C=O)c(CNCCO)c1O. The monoisotopic (exact) mass is 210 g/mol. The maximum absolute atomic E-state index is 10.7. The van der Waals surface area contributed by atoms with E-state index in [1.807, 2.05) is 0 Å². The maximum atomic E-state index is 10.7. The zero-order chi connectivity index (χ0) is 11.3. The number of aromatic hydroxyl groups is 1. The fourth-order valence-electron chi connectivity index (χ4n) is 1.24. The first-order chi connectivity index (χ1) is 7.20. The number of hydrogen-bond donors (Lipinski definition) is 3. The van der Waals surface area contributed by atoms with Crippen LogP contribution < -0.4 is 5.32 Å². The summed E-state index contributed by atoms with van der Waals surface area (Å²) in [5, 5.41) is 21.2. The van der Waals surface area contributed by atoms with E-state index in [2.05, 4.69) is 10.3 Å². The summed E-state index contributed by atoms with van der Waals surface area (Å²) in [6, 6.07) is 0. The van der Waals surface area contributed by atoms with Crippen molar-refractivity contribution in [3.05, 3.63) is 23.0 Å². The van der Waals surface area contributed by atoms with E-state index in [1.165, 1.54) is 6.20 Å².